The van der Waals surface area contributed by atoms with E-state index in [9.17, 15) is 21.6 Å². The maximum Gasteiger partial charge on any atom is 0.244 e. The van der Waals surface area contributed by atoms with Gasteiger partial charge in [-0.25, -0.2) is 25.9 Å². The van der Waals surface area contributed by atoms with Crippen molar-refractivity contribution in [2.24, 2.45) is 0 Å². The number of benzene rings is 1. The number of rotatable bonds is 5. The summed E-state index contributed by atoms with van der Waals surface area (Å²) in [6.45, 7) is 0. The van der Waals surface area contributed by atoms with Crippen molar-refractivity contribution in [1.82, 2.24) is 4.72 Å². The summed E-state index contributed by atoms with van der Waals surface area (Å²) in [7, 11) is -6.35. The Bertz CT molecular complexity index is 905. The van der Waals surface area contributed by atoms with Crippen molar-refractivity contribution in [1.29, 1.82) is 0 Å². The molecule has 0 unspecified atom stereocenters. The molecule has 2 aliphatic rings. The molecule has 10 heteroatoms. The molecule has 0 bridgehead atoms. The first-order valence-electron chi connectivity index (χ1n) is 8.51. The van der Waals surface area contributed by atoms with Crippen LogP contribution in [0.5, 0.6) is 5.75 Å². The standard InChI is InChI=1S/C16H22N2O6S2/c1-24-14-8-7-13(18-16(19)9-10-25(18,20)21)11-15(14)26(22,23)17-12-5-3-2-4-6-12/h7-8,11-12,17H,2-6,9-10H2,1H3. The molecule has 1 N–H and O–H groups in total. The van der Waals surface area contributed by atoms with Crippen molar-refractivity contribution >= 4 is 31.6 Å². The zero-order valence-corrected chi connectivity index (χ0v) is 16.1. The van der Waals surface area contributed by atoms with Crippen molar-refractivity contribution in [3.63, 3.8) is 0 Å². The summed E-state index contributed by atoms with van der Waals surface area (Å²) in [4.78, 5) is 11.8. The molecule has 0 atom stereocenters. The molecular formula is C16H22N2O6S2. The van der Waals surface area contributed by atoms with Crippen LogP contribution < -0.4 is 13.8 Å². The Hall–Kier alpha value is -1.65. The molecule has 144 valence electrons. The van der Waals surface area contributed by atoms with E-state index in [2.05, 4.69) is 4.72 Å². The van der Waals surface area contributed by atoms with E-state index in [1.165, 1.54) is 25.3 Å². The van der Waals surface area contributed by atoms with Gasteiger partial charge in [0.05, 0.1) is 18.6 Å². The van der Waals surface area contributed by atoms with E-state index in [0.29, 0.717) is 4.31 Å². The van der Waals surface area contributed by atoms with Gasteiger partial charge in [-0.05, 0) is 31.0 Å². The number of hydrogen-bond donors (Lipinski definition) is 1. The first kappa shape index (κ1) is 19.1. The van der Waals surface area contributed by atoms with Crippen molar-refractivity contribution in [2.45, 2.75) is 49.5 Å². The number of ether oxygens (including phenoxy) is 1. The first-order chi connectivity index (χ1) is 12.2. The van der Waals surface area contributed by atoms with Gasteiger partial charge in [0.2, 0.25) is 26.0 Å². The minimum atomic E-state index is -3.92. The molecule has 1 aromatic rings. The fourth-order valence-corrected chi connectivity index (χ4v) is 6.32. The molecule has 0 radical (unpaired) electrons. The van der Waals surface area contributed by atoms with Crippen molar-refractivity contribution < 1.29 is 26.4 Å². The Kier molecular flexibility index (Phi) is 5.27. The van der Waals surface area contributed by atoms with Gasteiger partial charge in [-0.1, -0.05) is 19.3 Å². The second-order valence-corrected chi connectivity index (χ2v) is 10.1. The number of sulfonamides is 2. The van der Waals surface area contributed by atoms with Crippen LogP contribution >= 0.6 is 0 Å². The van der Waals surface area contributed by atoms with Gasteiger partial charge in [0.1, 0.15) is 10.6 Å². The van der Waals surface area contributed by atoms with Crippen LogP contribution in [0.4, 0.5) is 5.69 Å². The summed E-state index contributed by atoms with van der Waals surface area (Å²) in [5, 5.41) is 0. The Labute approximate surface area is 153 Å². The van der Waals surface area contributed by atoms with Gasteiger partial charge < -0.3 is 4.74 Å². The fourth-order valence-electron chi connectivity index (χ4n) is 3.37. The maximum absolute atomic E-state index is 12.8. The average molecular weight is 402 g/mol. The minimum Gasteiger partial charge on any atom is -0.495 e. The van der Waals surface area contributed by atoms with E-state index in [-0.39, 0.29) is 34.5 Å². The summed E-state index contributed by atoms with van der Waals surface area (Å²) in [6.07, 6.45) is 4.43. The quantitative estimate of drug-likeness (QED) is 0.797. The molecule has 0 spiro atoms. The van der Waals surface area contributed by atoms with E-state index in [1.54, 1.807) is 0 Å². The monoisotopic (exact) mass is 402 g/mol. The zero-order chi connectivity index (χ0) is 18.9. The summed E-state index contributed by atoms with van der Waals surface area (Å²) < 4.78 is 58.4. The Morgan fingerprint density at radius 2 is 1.88 bits per heavy atom. The summed E-state index contributed by atoms with van der Waals surface area (Å²) >= 11 is 0. The highest BCUT2D eigenvalue weighted by atomic mass is 32.2. The van der Waals surface area contributed by atoms with Gasteiger partial charge in [-0.15, -0.1) is 0 Å². The van der Waals surface area contributed by atoms with Crippen LogP contribution in [0.2, 0.25) is 0 Å². The predicted molar refractivity (Wildman–Crippen MR) is 96.1 cm³/mol. The van der Waals surface area contributed by atoms with Crippen LogP contribution in [-0.4, -0.2) is 41.6 Å². The highest BCUT2D eigenvalue weighted by Crippen LogP contribution is 2.33. The van der Waals surface area contributed by atoms with E-state index in [0.717, 1.165) is 32.1 Å². The van der Waals surface area contributed by atoms with Gasteiger partial charge in [-0.3, -0.25) is 4.79 Å². The summed E-state index contributed by atoms with van der Waals surface area (Å²) in [5.74, 6) is -0.750. The van der Waals surface area contributed by atoms with Crippen LogP contribution in [0.25, 0.3) is 0 Å². The average Bonchev–Trinajstić information content (AvgIpc) is 2.88. The van der Waals surface area contributed by atoms with Gasteiger partial charge in [0.15, 0.2) is 0 Å². The molecular weight excluding hydrogens is 380 g/mol. The van der Waals surface area contributed by atoms with Crippen molar-refractivity contribution in [3.8, 4) is 5.75 Å². The molecule has 1 heterocycles. The van der Waals surface area contributed by atoms with Crippen LogP contribution in [0, 0.1) is 0 Å². The largest absolute Gasteiger partial charge is 0.495 e. The predicted octanol–water partition coefficient (Wildman–Crippen LogP) is 1.37. The molecule has 26 heavy (non-hydrogen) atoms. The number of carbonyl (C=O) groups excluding carboxylic acids is 1. The Balaban J connectivity index is 1.99. The third-order valence-electron chi connectivity index (χ3n) is 4.68. The summed E-state index contributed by atoms with van der Waals surface area (Å²) in [6, 6.07) is 3.77. The van der Waals surface area contributed by atoms with Crippen LogP contribution in [0.3, 0.4) is 0 Å². The highest BCUT2D eigenvalue weighted by molar-refractivity contribution is 7.94. The van der Waals surface area contributed by atoms with E-state index in [1.807, 2.05) is 0 Å². The topological polar surface area (TPSA) is 110 Å². The molecule has 1 saturated heterocycles. The minimum absolute atomic E-state index is 0.0114. The SMILES string of the molecule is COc1ccc(N2C(=O)CCS2(=O)=O)cc1S(=O)(=O)NC1CCCCC1. The normalized spacial score (nSPS) is 21.1. The fraction of sp³-hybridized carbons (Fsp3) is 0.562. The molecule has 8 nitrogen and oxygen atoms in total. The first-order valence-corrected chi connectivity index (χ1v) is 11.6. The van der Waals surface area contributed by atoms with E-state index < -0.39 is 26.0 Å². The number of hydrogen-bond acceptors (Lipinski definition) is 6. The van der Waals surface area contributed by atoms with Crippen molar-refractivity contribution in [2.75, 3.05) is 17.2 Å². The zero-order valence-electron chi connectivity index (χ0n) is 14.5. The smallest absolute Gasteiger partial charge is 0.244 e. The number of carbonyl (C=O) groups is 1. The Morgan fingerprint density at radius 1 is 1.19 bits per heavy atom. The number of nitrogens with zero attached hydrogens (tertiary/aromatic N) is 1. The molecule has 1 aliphatic carbocycles. The van der Waals surface area contributed by atoms with Crippen LogP contribution in [0.1, 0.15) is 38.5 Å². The second-order valence-electron chi connectivity index (χ2n) is 6.52. The highest BCUT2D eigenvalue weighted by Gasteiger charge is 2.37. The molecule has 0 aromatic heterocycles. The summed E-state index contributed by atoms with van der Waals surface area (Å²) in [5.41, 5.74) is 0.0114. The third kappa shape index (κ3) is 3.72. The molecule has 1 amide bonds. The molecule has 1 aliphatic heterocycles. The van der Waals surface area contributed by atoms with E-state index >= 15 is 0 Å². The van der Waals surface area contributed by atoms with Crippen LogP contribution in [0.15, 0.2) is 23.1 Å². The van der Waals surface area contributed by atoms with Crippen molar-refractivity contribution in [3.05, 3.63) is 18.2 Å². The van der Waals surface area contributed by atoms with E-state index in [4.69, 9.17) is 4.74 Å². The van der Waals surface area contributed by atoms with Gasteiger partial charge >= 0.3 is 0 Å². The van der Waals surface area contributed by atoms with Gasteiger partial charge in [0.25, 0.3) is 0 Å². The number of amides is 1. The molecule has 3 rings (SSSR count). The Morgan fingerprint density at radius 3 is 2.46 bits per heavy atom. The lowest BCUT2D eigenvalue weighted by Crippen LogP contribution is -2.36. The van der Waals surface area contributed by atoms with Gasteiger partial charge in [0, 0.05) is 12.5 Å². The lowest BCUT2D eigenvalue weighted by Gasteiger charge is -2.23. The lowest BCUT2D eigenvalue weighted by molar-refractivity contribution is -0.116. The molecule has 1 saturated carbocycles. The number of methoxy groups -OCH3 is 1. The molecule has 2 fully saturated rings. The second kappa shape index (κ2) is 7.16. The lowest BCUT2D eigenvalue weighted by atomic mass is 9.96. The number of anilines is 1. The molecule has 1 aromatic carbocycles. The third-order valence-corrected chi connectivity index (χ3v) is 7.91. The maximum atomic E-state index is 12.8. The van der Waals surface area contributed by atoms with Gasteiger partial charge in [-0.2, -0.15) is 0 Å². The number of nitrogens with one attached hydrogen (secondary N) is 1. The van der Waals surface area contributed by atoms with Crippen LogP contribution in [-0.2, 0) is 24.8 Å².